The van der Waals surface area contributed by atoms with Crippen LogP contribution in [0.3, 0.4) is 0 Å². The van der Waals surface area contributed by atoms with Gasteiger partial charge in [0.15, 0.2) is 11.5 Å². The van der Waals surface area contributed by atoms with E-state index in [9.17, 15) is 9.59 Å². The van der Waals surface area contributed by atoms with Crippen molar-refractivity contribution in [1.82, 2.24) is 10.9 Å². The van der Waals surface area contributed by atoms with E-state index in [0.29, 0.717) is 17.1 Å². The van der Waals surface area contributed by atoms with Crippen molar-refractivity contribution in [2.45, 2.75) is 32.3 Å². The van der Waals surface area contributed by atoms with Crippen molar-refractivity contribution in [2.75, 3.05) is 6.61 Å². The topological polar surface area (TPSA) is 76.7 Å². The van der Waals surface area contributed by atoms with E-state index < -0.39 is 17.9 Å². The molecule has 2 aromatic carbocycles. The summed E-state index contributed by atoms with van der Waals surface area (Å²) in [6.45, 7) is 6.39. The van der Waals surface area contributed by atoms with Crippen LogP contribution in [0.25, 0.3) is 0 Å². The van der Waals surface area contributed by atoms with E-state index in [0.717, 1.165) is 5.56 Å². The molecule has 0 bridgehead atoms. The van der Waals surface area contributed by atoms with Crippen LogP contribution in [0.1, 0.15) is 36.7 Å². The van der Waals surface area contributed by atoms with Crippen molar-refractivity contribution in [3.63, 3.8) is 0 Å². The summed E-state index contributed by atoms with van der Waals surface area (Å²) in [6, 6.07) is 14.4. The highest BCUT2D eigenvalue weighted by Gasteiger charge is 2.27. The van der Waals surface area contributed by atoms with Crippen LogP contribution in [0, 0.1) is 0 Å². The van der Waals surface area contributed by atoms with Gasteiger partial charge in [-0.15, -0.1) is 0 Å². The van der Waals surface area contributed by atoms with E-state index in [1.807, 2.05) is 18.2 Å². The number of fused-ring (bicyclic) bond motifs is 1. The SMILES string of the molecule is CC(C)(C)c1ccc(C(=O)NNC(=O)[C@@H]2COc3ccccc3O2)cc1. The molecule has 0 unspecified atom stereocenters. The largest absolute Gasteiger partial charge is 0.485 e. The molecule has 136 valence electrons. The van der Waals surface area contributed by atoms with Gasteiger partial charge in [0.25, 0.3) is 11.8 Å². The first kappa shape index (κ1) is 17.8. The third-order valence-electron chi connectivity index (χ3n) is 4.11. The molecule has 3 rings (SSSR count). The number of hydrogen-bond donors (Lipinski definition) is 2. The van der Waals surface area contributed by atoms with Crippen molar-refractivity contribution >= 4 is 11.8 Å². The molecule has 1 heterocycles. The van der Waals surface area contributed by atoms with Crippen molar-refractivity contribution in [1.29, 1.82) is 0 Å². The molecule has 0 aromatic heterocycles. The number of nitrogens with one attached hydrogen (secondary N) is 2. The summed E-state index contributed by atoms with van der Waals surface area (Å²) in [5.74, 6) is 0.234. The maximum Gasteiger partial charge on any atom is 0.283 e. The number of hydrogen-bond acceptors (Lipinski definition) is 4. The Labute approximate surface area is 152 Å². The van der Waals surface area contributed by atoms with Crippen LogP contribution in [0.4, 0.5) is 0 Å². The van der Waals surface area contributed by atoms with E-state index in [1.165, 1.54) is 0 Å². The molecule has 6 nitrogen and oxygen atoms in total. The fourth-order valence-corrected chi connectivity index (χ4v) is 2.54. The van der Waals surface area contributed by atoms with Gasteiger partial charge in [-0.3, -0.25) is 20.4 Å². The number of carbonyl (C=O) groups is 2. The second kappa shape index (κ2) is 7.07. The monoisotopic (exact) mass is 354 g/mol. The van der Waals surface area contributed by atoms with Gasteiger partial charge < -0.3 is 9.47 Å². The Hall–Kier alpha value is -3.02. The number of benzene rings is 2. The molecule has 2 aromatic rings. The number of hydrazine groups is 1. The summed E-state index contributed by atoms with van der Waals surface area (Å²) in [5, 5.41) is 0. The molecule has 26 heavy (non-hydrogen) atoms. The highest BCUT2D eigenvalue weighted by Crippen LogP contribution is 2.30. The van der Waals surface area contributed by atoms with Gasteiger partial charge in [0.2, 0.25) is 6.10 Å². The minimum Gasteiger partial charge on any atom is -0.485 e. The molecule has 0 aliphatic carbocycles. The maximum atomic E-state index is 12.2. The quantitative estimate of drug-likeness (QED) is 0.813. The smallest absolute Gasteiger partial charge is 0.283 e. The maximum absolute atomic E-state index is 12.2. The Bertz CT molecular complexity index is 809. The molecule has 0 fully saturated rings. The molecule has 1 atom stereocenters. The third kappa shape index (κ3) is 3.96. The standard InChI is InChI=1S/C20H22N2O4/c1-20(2,3)14-10-8-13(9-11-14)18(23)21-22-19(24)17-12-25-15-6-4-5-7-16(15)26-17/h4-11,17H,12H2,1-3H3,(H,21,23)(H,22,24)/t17-/m0/s1. The van der Waals surface area contributed by atoms with Crippen LogP contribution < -0.4 is 20.3 Å². The van der Waals surface area contributed by atoms with Crippen LogP contribution in [-0.4, -0.2) is 24.5 Å². The molecule has 6 heteroatoms. The molecule has 0 radical (unpaired) electrons. The van der Waals surface area contributed by atoms with Crippen LogP contribution in [-0.2, 0) is 10.2 Å². The normalized spacial score (nSPS) is 15.9. The summed E-state index contributed by atoms with van der Waals surface area (Å²) in [7, 11) is 0. The van der Waals surface area contributed by atoms with Gasteiger partial charge >= 0.3 is 0 Å². The Morgan fingerprint density at radius 3 is 2.27 bits per heavy atom. The van der Waals surface area contributed by atoms with Gasteiger partial charge in [-0.2, -0.15) is 0 Å². The lowest BCUT2D eigenvalue weighted by atomic mass is 9.87. The predicted octanol–water partition coefficient (Wildman–Crippen LogP) is 2.59. The van der Waals surface area contributed by atoms with Gasteiger partial charge in [0, 0.05) is 5.56 Å². The fourth-order valence-electron chi connectivity index (χ4n) is 2.54. The number of rotatable bonds is 2. The zero-order valence-electron chi connectivity index (χ0n) is 15.0. The number of ether oxygens (including phenoxy) is 2. The van der Waals surface area contributed by atoms with Crippen molar-refractivity contribution in [3.8, 4) is 11.5 Å². The highest BCUT2D eigenvalue weighted by molar-refractivity contribution is 5.95. The molecule has 0 spiro atoms. The van der Waals surface area contributed by atoms with Gasteiger partial charge in [-0.05, 0) is 35.2 Å². The van der Waals surface area contributed by atoms with E-state index in [1.54, 1.807) is 30.3 Å². The fraction of sp³-hybridized carbons (Fsp3) is 0.300. The second-order valence-corrected chi connectivity index (χ2v) is 7.13. The molecule has 1 aliphatic rings. The molecular weight excluding hydrogens is 332 g/mol. The third-order valence-corrected chi connectivity index (χ3v) is 4.11. The van der Waals surface area contributed by atoms with Crippen molar-refractivity contribution in [2.24, 2.45) is 0 Å². The van der Waals surface area contributed by atoms with Crippen LogP contribution >= 0.6 is 0 Å². The molecule has 2 amide bonds. The predicted molar refractivity (Wildman–Crippen MR) is 97.1 cm³/mol. The first-order valence-corrected chi connectivity index (χ1v) is 8.44. The first-order valence-electron chi connectivity index (χ1n) is 8.44. The van der Waals surface area contributed by atoms with E-state index in [4.69, 9.17) is 9.47 Å². The van der Waals surface area contributed by atoms with Gasteiger partial charge in [0.1, 0.15) is 6.61 Å². The van der Waals surface area contributed by atoms with Crippen LogP contribution in [0.5, 0.6) is 11.5 Å². The Kier molecular flexibility index (Phi) is 4.84. The minimum absolute atomic E-state index is 0.0117. The van der Waals surface area contributed by atoms with E-state index in [-0.39, 0.29) is 12.0 Å². The first-order chi connectivity index (χ1) is 12.3. The number of carbonyl (C=O) groups excluding carboxylic acids is 2. The van der Waals surface area contributed by atoms with Crippen LogP contribution in [0.2, 0.25) is 0 Å². The van der Waals surface area contributed by atoms with Crippen molar-refractivity contribution in [3.05, 3.63) is 59.7 Å². The molecule has 2 N–H and O–H groups in total. The summed E-state index contributed by atoms with van der Waals surface area (Å²) in [4.78, 5) is 24.4. The summed E-state index contributed by atoms with van der Waals surface area (Å²) in [5.41, 5.74) is 6.39. The van der Waals surface area contributed by atoms with Gasteiger partial charge in [-0.1, -0.05) is 45.0 Å². The highest BCUT2D eigenvalue weighted by atomic mass is 16.6. The summed E-state index contributed by atoms with van der Waals surface area (Å²) in [6.07, 6.45) is -0.825. The van der Waals surface area contributed by atoms with Gasteiger partial charge in [-0.25, -0.2) is 0 Å². The zero-order valence-corrected chi connectivity index (χ0v) is 15.0. The average Bonchev–Trinajstić information content (AvgIpc) is 2.64. The summed E-state index contributed by atoms with van der Waals surface area (Å²) >= 11 is 0. The lowest BCUT2D eigenvalue weighted by molar-refractivity contribution is -0.131. The Morgan fingerprint density at radius 2 is 1.62 bits per heavy atom. The molecule has 0 saturated heterocycles. The average molecular weight is 354 g/mol. The molecule has 0 saturated carbocycles. The van der Waals surface area contributed by atoms with E-state index in [2.05, 4.69) is 31.6 Å². The molecular formula is C20H22N2O4. The minimum atomic E-state index is -0.825. The van der Waals surface area contributed by atoms with Crippen molar-refractivity contribution < 1.29 is 19.1 Å². The lowest BCUT2D eigenvalue weighted by Crippen LogP contribution is -2.50. The van der Waals surface area contributed by atoms with Gasteiger partial charge in [0.05, 0.1) is 0 Å². The lowest BCUT2D eigenvalue weighted by Gasteiger charge is -2.25. The van der Waals surface area contributed by atoms with Crippen LogP contribution in [0.15, 0.2) is 48.5 Å². The Morgan fingerprint density at radius 1 is 0.962 bits per heavy atom. The second-order valence-electron chi connectivity index (χ2n) is 7.13. The number of para-hydroxylation sites is 2. The molecule has 1 aliphatic heterocycles. The number of amides is 2. The zero-order chi connectivity index (χ0) is 18.7. The summed E-state index contributed by atoms with van der Waals surface area (Å²) < 4.78 is 11.1. The van der Waals surface area contributed by atoms with E-state index >= 15 is 0 Å². The Balaban J connectivity index is 1.55.